The standard InChI is InChI=1S/C20H21ClFN4O2S/c1-25-17-15(19(27)26(2)20(25)28)18(24-16(23-17)11-6-3-4-7-11)29-10-12-13(21)8-5-9-14(12)22/h5,8-9,11,15H,3-4,6-7,10H2,1-2H3/q+1. The van der Waals surface area contributed by atoms with Crippen LogP contribution < -0.4 is 0 Å². The summed E-state index contributed by atoms with van der Waals surface area (Å²) in [5.41, 5.74) is 0.370. The van der Waals surface area contributed by atoms with Crippen LogP contribution in [0.2, 0.25) is 5.02 Å². The molecule has 1 unspecified atom stereocenters. The number of carbonyl (C=O) groups excluding carboxylic acids is 2. The molecule has 2 heterocycles. The zero-order chi connectivity index (χ0) is 20.7. The number of rotatable bonds is 3. The van der Waals surface area contributed by atoms with Gasteiger partial charge in [0.2, 0.25) is 5.84 Å². The van der Waals surface area contributed by atoms with E-state index in [9.17, 15) is 14.0 Å². The minimum absolute atomic E-state index is 0.217. The Kier molecular flexibility index (Phi) is 5.57. The summed E-state index contributed by atoms with van der Waals surface area (Å²) in [7, 11) is 3.06. The first-order valence-corrected chi connectivity index (χ1v) is 10.9. The number of nitrogens with zero attached hydrogens (tertiary/aromatic N) is 4. The molecule has 1 fully saturated rings. The van der Waals surface area contributed by atoms with E-state index < -0.39 is 17.8 Å². The molecule has 6 nitrogen and oxygen atoms in total. The molecule has 0 saturated heterocycles. The third-order valence-electron chi connectivity index (χ3n) is 5.60. The zero-order valence-corrected chi connectivity index (χ0v) is 17.8. The third-order valence-corrected chi connectivity index (χ3v) is 7.01. The Morgan fingerprint density at radius 3 is 2.69 bits per heavy atom. The first kappa shape index (κ1) is 20.2. The number of hydrogen-bond donors (Lipinski definition) is 0. The van der Waals surface area contributed by atoms with Crippen LogP contribution in [0.15, 0.2) is 28.2 Å². The number of amidine groups is 2. The molecule has 1 aliphatic carbocycles. The van der Waals surface area contributed by atoms with Crippen LogP contribution in [-0.2, 0) is 10.5 Å². The van der Waals surface area contributed by atoms with Gasteiger partial charge in [-0.25, -0.2) is 14.2 Å². The number of thioether (sulfide) groups is 1. The topological polar surface area (TPSA) is 65.1 Å². The molecule has 29 heavy (non-hydrogen) atoms. The Morgan fingerprint density at radius 2 is 2.00 bits per heavy atom. The van der Waals surface area contributed by atoms with Gasteiger partial charge in [0.1, 0.15) is 10.9 Å². The van der Waals surface area contributed by atoms with Gasteiger partial charge in [-0.15, -0.1) is 11.8 Å². The number of aliphatic imine (C=N–C) groups is 2. The van der Waals surface area contributed by atoms with Gasteiger partial charge in [-0.05, 0) is 25.0 Å². The molecule has 3 aliphatic rings. The summed E-state index contributed by atoms with van der Waals surface area (Å²) < 4.78 is 15.6. The maximum atomic E-state index is 14.2. The number of imide groups is 1. The highest BCUT2D eigenvalue weighted by Gasteiger charge is 2.49. The maximum absolute atomic E-state index is 14.2. The van der Waals surface area contributed by atoms with Crippen molar-refractivity contribution in [2.45, 2.75) is 31.4 Å². The van der Waals surface area contributed by atoms with Crippen LogP contribution in [0.5, 0.6) is 0 Å². The van der Waals surface area contributed by atoms with Gasteiger partial charge in [0, 0.05) is 22.3 Å². The van der Waals surface area contributed by atoms with Crippen LogP contribution in [0.3, 0.4) is 0 Å². The molecule has 0 N–H and O–H groups in total. The second-order valence-corrected chi connectivity index (χ2v) is 8.82. The average Bonchev–Trinajstić information content (AvgIpc) is 3.24. The van der Waals surface area contributed by atoms with E-state index in [1.54, 1.807) is 19.2 Å². The third kappa shape index (κ3) is 3.64. The number of fused-ring (bicyclic) bond motifs is 1. The molecule has 0 aromatic heterocycles. The lowest BCUT2D eigenvalue weighted by Gasteiger charge is -2.27. The minimum Gasteiger partial charge on any atom is -0.255 e. The van der Waals surface area contributed by atoms with Crippen molar-refractivity contribution in [3.05, 3.63) is 34.6 Å². The average molecular weight is 436 g/mol. The van der Waals surface area contributed by atoms with Gasteiger partial charge in [0.15, 0.2) is 5.92 Å². The van der Waals surface area contributed by atoms with Crippen LogP contribution in [0.4, 0.5) is 9.18 Å². The predicted molar refractivity (Wildman–Crippen MR) is 112 cm³/mol. The van der Waals surface area contributed by atoms with Crippen molar-refractivity contribution >= 4 is 52.0 Å². The molecule has 1 atom stereocenters. The molecule has 1 aromatic carbocycles. The van der Waals surface area contributed by atoms with Gasteiger partial charge in [0.05, 0.1) is 14.1 Å². The molecule has 1 aromatic rings. The van der Waals surface area contributed by atoms with E-state index in [1.165, 1.54) is 29.5 Å². The van der Waals surface area contributed by atoms with Crippen molar-refractivity contribution in [3.63, 3.8) is 0 Å². The monoisotopic (exact) mass is 435 g/mol. The molecule has 3 amide bonds. The molecule has 9 heteroatoms. The van der Waals surface area contributed by atoms with Gasteiger partial charge in [0.25, 0.3) is 5.84 Å². The first-order chi connectivity index (χ1) is 13.9. The maximum Gasteiger partial charge on any atom is 0.445 e. The van der Waals surface area contributed by atoms with Gasteiger partial charge >= 0.3 is 11.9 Å². The lowest BCUT2D eigenvalue weighted by Crippen LogP contribution is -2.54. The summed E-state index contributed by atoms with van der Waals surface area (Å²) in [6.07, 6.45) is 4.20. The second-order valence-electron chi connectivity index (χ2n) is 7.42. The normalized spacial score (nSPS) is 22.8. The highest BCUT2D eigenvalue weighted by molar-refractivity contribution is 8.13. The van der Waals surface area contributed by atoms with Crippen LogP contribution in [0.1, 0.15) is 31.2 Å². The lowest BCUT2D eigenvalue weighted by atomic mass is 10.0. The van der Waals surface area contributed by atoms with Gasteiger partial charge in [-0.1, -0.05) is 35.5 Å². The van der Waals surface area contributed by atoms with Crippen molar-refractivity contribution in [3.8, 4) is 0 Å². The smallest absolute Gasteiger partial charge is 0.255 e. The summed E-state index contributed by atoms with van der Waals surface area (Å²) in [5, 5.41) is 0.870. The Balaban J connectivity index is 1.72. The van der Waals surface area contributed by atoms with Crippen molar-refractivity contribution in [2.75, 3.05) is 14.1 Å². The van der Waals surface area contributed by atoms with Gasteiger partial charge in [-0.2, -0.15) is 9.48 Å². The molecule has 0 spiro atoms. The van der Waals surface area contributed by atoms with Gasteiger partial charge in [-0.3, -0.25) is 4.79 Å². The van der Waals surface area contributed by atoms with Crippen molar-refractivity contribution in [1.29, 1.82) is 0 Å². The second kappa shape index (κ2) is 7.99. The van der Waals surface area contributed by atoms with Gasteiger partial charge < -0.3 is 0 Å². The largest absolute Gasteiger partial charge is 0.445 e. The number of benzene rings is 1. The fraction of sp³-hybridized carbons (Fsp3) is 0.450. The molecule has 1 saturated carbocycles. The molecular formula is C20H21ClFN4O2S+. The predicted octanol–water partition coefficient (Wildman–Crippen LogP) is 3.96. The van der Waals surface area contributed by atoms with E-state index >= 15 is 0 Å². The molecule has 152 valence electrons. The van der Waals surface area contributed by atoms with E-state index in [-0.39, 0.29) is 17.6 Å². The highest BCUT2D eigenvalue weighted by Crippen LogP contribution is 2.34. The Labute approximate surface area is 177 Å². The quantitative estimate of drug-likeness (QED) is 0.675. The summed E-state index contributed by atoms with van der Waals surface area (Å²) >= 11 is 7.44. The Bertz CT molecular complexity index is 964. The molecule has 4 rings (SSSR count). The fourth-order valence-electron chi connectivity index (χ4n) is 3.89. The SMILES string of the molecule is CN1C(=O)C2C(SCc3c(F)cccc3Cl)=NC(C3CCCC3)=NC2=[N+](C)C1=O. The van der Waals surface area contributed by atoms with Crippen molar-refractivity contribution < 1.29 is 18.6 Å². The van der Waals surface area contributed by atoms with Crippen LogP contribution >= 0.6 is 23.4 Å². The van der Waals surface area contributed by atoms with E-state index in [0.29, 0.717) is 27.3 Å². The summed E-state index contributed by atoms with van der Waals surface area (Å²) in [5.74, 6) is -0.0126. The lowest BCUT2D eigenvalue weighted by molar-refractivity contribution is -0.407. The Morgan fingerprint density at radius 1 is 1.28 bits per heavy atom. The van der Waals surface area contributed by atoms with Crippen LogP contribution in [0.25, 0.3) is 0 Å². The highest BCUT2D eigenvalue weighted by atomic mass is 35.5. The molecular weight excluding hydrogens is 415 g/mol. The number of carbonyl (C=O) groups is 2. The number of amides is 3. The summed E-state index contributed by atoms with van der Waals surface area (Å²) in [6.45, 7) is 0. The minimum atomic E-state index is -0.761. The van der Waals surface area contributed by atoms with E-state index in [0.717, 1.165) is 30.6 Å². The zero-order valence-electron chi connectivity index (χ0n) is 16.2. The Hall–Kier alpha value is -2.06. The van der Waals surface area contributed by atoms with Crippen molar-refractivity contribution in [2.24, 2.45) is 21.8 Å². The van der Waals surface area contributed by atoms with E-state index in [4.69, 9.17) is 16.6 Å². The first-order valence-electron chi connectivity index (χ1n) is 9.53. The van der Waals surface area contributed by atoms with Crippen molar-refractivity contribution in [1.82, 2.24) is 4.90 Å². The number of urea groups is 1. The number of halogens is 2. The molecule has 0 bridgehead atoms. The molecule has 0 radical (unpaired) electrons. The summed E-state index contributed by atoms with van der Waals surface area (Å²) in [6, 6.07) is 4.14. The fourth-order valence-corrected chi connectivity index (χ4v) is 5.31. The van der Waals surface area contributed by atoms with Crippen LogP contribution in [0, 0.1) is 17.7 Å². The van der Waals surface area contributed by atoms with E-state index in [1.807, 2.05) is 0 Å². The van der Waals surface area contributed by atoms with E-state index in [2.05, 4.69) is 4.99 Å². The van der Waals surface area contributed by atoms with Crippen LogP contribution in [-0.4, -0.2) is 52.2 Å². The molecule has 2 aliphatic heterocycles. The summed E-state index contributed by atoms with van der Waals surface area (Å²) in [4.78, 5) is 35.8. The number of hydrogen-bond acceptors (Lipinski definition) is 5.